The Hall–Kier alpha value is -2.64. The van der Waals surface area contributed by atoms with Crippen molar-refractivity contribution in [1.29, 1.82) is 0 Å². The highest BCUT2D eigenvalue weighted by Crippen LogP contribution is 1.97. The lowest BCUT2D eigenvalue weighted by Gasteiger charge is -2.12. The van der Waals surface area contributed by atoms with Crippen molar-refractivity contribution in [2.24, 2.45) is 5.73 Å². The maximum absolute atomic E-state index is 11.7. The highest BCUT2D eigenvalue weighted by Gasteiger charge is 2.23. The summed E-state index contributed by atoms with van der Waals surface area (Å²) in [5.41, 5.74) is 4.56. The number of carbonyl (C=O) groups is 3. The van der Waals surface area contributed by atoms with Crippen LogP contribution in [0.15, 0.2) is 16.9 Å². The van der Waals surface area contributed by atoms with E-state index in [1.165, 1.54) is 12.1 Å². The number of nitrogens with two attached hydrogens (primary N) is 1. The molecule has 0 radical (unpaired) electrons. The molecule has 0 fully saturated rings. The molecular formula is C11H13N3O5. The molecule has 1 rings (SSSR count). The second-order valence-corrected chi connectivity index (χ2v) is 3.92. The fourth-order valence-corrected chi connectivity index (χ4v) is 1.39. The van der Waals surface area contributed by atoms with Gasteiger partial charge >= 0.3 is 5.97 Å². The van der Waals surface area contributed by atoms with Gasteiger partial charge in [0.05, 0.1) is 6.42 Å². The number of aryl methyl sites for hydroxylation is 1. The molecule has 102 valence electrons. The molecule has 0 saturated heterocycles. The minimum atomic E-state index is -1.47. The third kappa shape index (κ3) is 3.95. The van der Waals surface area contributed by atoms with Crippen LogP contribution in [-0.2, 0) is 9.59 Å². The van der Waals surface area contributed by atoms with Gasteiger partial charge in [-0.3, -0.25) is 14.4 Å². The molecule has 8 nitrogen and oxygen atoms in total. The topological polar surface area (TPSA) is 142 Å². The Morgan fingerprint density at radius 2 is 2.05 bits per heavy atom. The van der Waals surface area contributed by atoms with Crippen molar-refractivity contribution in [1.82, 2.24) is 10.3 Å². The third-order valence-electron chi connectivity index (χ3n) is 2.31. The first-order valence-corrected chi connectivity index (χ1v) is 5.33. The zero-order valence-corrected chi connectivity index (χ0v) is 10.1. The molecular weight excluding hydrogens is 254 g/mol. The quantitative estimate of drug-likeness (QED) is 0.526. The molecule has 0 saturated carbocycles. The summed E-state index contributed by atoms with van der Waals surface area (Å²) < 4.78 is 0. The monoisotopic (exact) mass is 267 g/mol. The van der Waals surface area contributed by atoms with Crippen LogP contribution in [0.1, 0.15) is 22.5 Å². The molecule has 1 aromatic heterocycles. The summed E-state index contributed by atoms with van der Waals surface area (Å²) >= 11 is 0. The van der Waals surface area contributed by atoms with Crippen LogP contribution in [-0.4, -0.2) is 33.9 Å². The van der Waals surface area contributed by atoms with Gasteiger partial charge in [-0.2, -0.15) is 0 Å². The number of rotatable bonds is 5. The van der Waals surface area contributed by atoms with Gasteiger partial charge in [0.25, 0.3) is 11.5 Å². The van der Waals surface area contributed by atoms with Crippen LogP contribution in [0.4, 0.5) is 0 Å². The standard InChI is InChI=1S/C11H13N3O5/c1-5-2-3-6(9(16)13-5)10(17)14-7(11(18)19)4-8(12)15/h2-3,7H,4H2,1H3,(H2,12,15)(H,13,16)(H,14,17)(H,18,19)/t7-/m1/s1. The van der Waals surface area contributed by atoms with Crippen LogP contribution >= 0.6 is 0 Å². The van der Waals surface area contributed by atoms with Crippen molar-refractivity contribution >= 4 is 17.8 Å². The van der Waals surface area contributed by atoms with E-state index in [1.807, 2.05) is 0 Å². The molecule has 1 aromatic rings. The van der Waals surface area contributed by atoms with Gasteiger partial charge < -0.3 is 21.1 Å². The zero-order valence-electron chi connectivity index (χ0n) is 10.1. The summed E-state index contributed by atoms with van der Waals surface area (Å²) in [7, 11) is 0. The fourth-order valence-electron chi connectivity index (χ4n) is 1.39. The van der Waals surface area contributed by atoms with Crippen LogP contribution in [0.25, 0.3) is 0 Å². The predicted molar refractivity (Wildman–Crippen MR) is 64.5 cm³/mol. The van der Waals surface area contributed by atoms with E-state index in [1.54, 1.807) is 6.92 Å². The minimum Gasteiger partial charge on any atom is -0.480 e. The first kappa shape index (κ1) is 14.4. The summed E-state index contributed by atoms with van der Waals surface area (Å²) in [6, 6.07) is 1.30. The second kappa shape index (κ2) is 5.80. The number of hydrogen-bond acceptors (Lipinski definition) is 4. The summed E-state index contributed by atoms with van der Waals surface area (Å²) in [4.78, 5) is 47.1. The zero-order chi connectivity index (χ0) is 14.6. The molecule has 5 N–H and O–H groups in total. The first-order chi connectivity index (χ1) is 8.81. The molecule has 0 unspecified atom stereocenters. The number of aromatic nitrogens is 1. The number of nitrogens with one attached hydrogen (secondary N) is 2. The van der Waals surface area contributed by atoms with Gasteiger partial charge in [0.15, 0.2) is 0 Å². The van der Waals surface area contributed by atoms with Crippen molar-refractivity contribution in [2.45, 2.75) is 19.4 Å². The third-order valence-corrected chi connectivity index (χ3v) is 2.31. The van der Waals surface area contributed by atoms with Crippen molar-refractivity contribution in [3.05, 3.63) is 33.7 Å². The largest absolute Gasteiger partial charge is 0.480 e. The van der Waals surface area contributed by atoms with E-state index in [2.05, 4.69) is 10.3 Å². The summed E-state index contributed by atoms with van der Waals surface area (Å²) in [5.74, 6) is -3.16. The number of carboxylic acids is 1. The first-order valence-electron chi connectivity index (χ1n) is 5.33. The summed E-state index contributed by atoms with van der Waals surface area (Å²) in [5, 5.41) is 10.9. The van der Waals surface area contributed by atoms with Gasteiger partial charge in [-0.25, -0.2) is 4.79 Å². The number of aromatic amines is 1. The molecule has 2 amide bonds. The van der Waals surface area contributed by atoms with E-state index < -0.39 is 35.8 Å². The Morgan fingerprint density at radius 3 is 2.53 bits per heavy atom. The molecule has 1 atom stereocenters. The highest BCUT2D eigenvalue weighted by atomic mass is 16.4. The van der Waals surface area contributed by atoms with Gasteiger partial charge in [0.2, 0.25) is 5.91 Å². The second-order valence-electron chi connectivity index (χ2n) is 3.92. The molecule has 19 heavy (non-hydrogen) atoms. The van der Waals surface area contributed by atoms with E-state index in [0.29, 0.717) is 5.69 Å². The lowest BCUT2D eigenvalue weighted by Crippen LogP contribution is -2.44. The van der Waals surface area contributed by atoms with Crippen LogP contribution < -0.4 is 16.6 Å². The van der Waals surface area contributed by atoms with E-state index in [0.717, 1.165) is 0 Å². The normalized spacial score (nSPS) is 11.6. The number of pyridine rings is 1. The van der Waals surface area contributed by atoms with Crippen molar-refractivity contribution in [3.63, 3.8) is 0 Å². The molecule has 0 spiro atoms. The number of H-pyrrole nitrogens is 1. The highest BCUT2D eigenvalue weighted by molar-refractivity contribution is 5.97. The van der Waals surface area contributed by atoms with Gasteiger partial charge in [-0.15, -0.1) is 0 Å². The SMILES string of the molecule is Cc1ccc(C(=O)N[C@H](CC(N)=O)C(=O)O)c(=O)[nH]1. The number of aliphatic carboxylic acids is 1. The maximum atomic E-state index is 11.7. The number of hydrogen-bond donors (Lipinski definition) is 4. The molecule has 0 aliphatic rings. The number of primary amides is 1. The Balaban J connectivity index is 2.91. The number of carboxylic acid groups (broad SMARTS) is 1. The fraction of sp³-hybridized carbons (Fsp3) is 0.273. The lowest BCUT2D eigenvalue weighted by atomic mass is 10.1. The molecule has 0 aliphatic heterocycles. The van der Waals surface area contributed by atoms with E-state index >= 15 is 0 Å². The predicted octanol–water partition coefficient (Wildman–Crippen LogP) is -1.26. The Kier molecular flexibility index (Phi) is 4.41. The van der Waals surface area contributed by atoms with E-state index in [9.17, 15) is 19.2 Å². The Labute approximate surface area is 107 Å². The van der Waals surface area contributed by atoms with Crippen molar-refractivity contribution in [2.75, 3.05) is 0 Å². The summed E-state index contributed by atoms with van der Waals surface area (Å²) in [6.07, 6.45) is -0.551. The van der Waals surface area contributed by atoms with Crippen LogP contribution in [0.3, 0.4) is 0 Å². The van der Waals surface area contributed by atoms with Crippen molar-refractivity contribution in [3.8, 4) is 0 Å². The molecule has 0 aliphatic carbocycles. The molecule has 0 aromatic carbocycles. The smallest absolute Gasteiger partial charge is 0.326 e. The average Bonchev–Trinajstić information content (AvgIpc) is 2.26. The molecule has 0 bridgehead atoms. The minimum absolute atomic E-state index is 0.235. The Bertz CT molecular complexity index is 578. The van der Waals surface area contributed by atoms with Crippen molar-refractivity contribution < 1.29 is 19.5 Å². The van der Waals surface area contributed by atoms with Crippen LogP contribution in [0.5, 0.6) is 0 Å². The van der Waals surface area contributed by atoms with E-state index in [-0.39, 0.29) is 5.56 Å². The average molecular weight is 267 g/mol. The van der Waals surface area contributed by atoms with Gasteiger partial charge in [0.1, 0.15) is 11.6 Å². The van der Waals surface area contributed by atoms with Gasteiger partial charge in [-0.1, -0.05) is 0 Å². The van der Waals surface area contributed by atoms with Crippen LogP contribution in [0.2, 0.25) is 0 Å². The Morgan fingerprint density at radius 1 is 1.42 bits per heavy atom. The molecule has 1 heterocycles. The number of carbonyl (C=O) groups excluding carboxylic acids is 2. The van der Waals surface area contributed by atoms with Gasteiger partial charge in [0, 0.05) is 5.69 Å². The number of amides is 2. The van der Waals surface area contributed by atoms with E-state index in [4.69, 9.17) is 10.8 Å². The molecule has 8 heteroatoms. The van der Waals surface area contributed by atoms with Crippen LogP contribution in [0, 0.1) is 6.92 Å². The van der Waals surface area contributed by atoms with Gasteiger partial charge in [-0.05, 0) is 19.1 Å². The summed E-state index contributed by atoms with van der Waals surface area (Å²) in [6.45, 7) is 1.64. The lowest BCUT2D eigenvalue weighted by molar-refractivity contribution is -0.140. The maximum Gasteiger partial charge on any atom is 0.326 e.